The lowest BCUT2D eigenvalue weighted by atomic mass is 9.96. The zero-order valence-corrected chi connectivity index (χ0v) is 14.3. The van der Waals surface area contributed by atoms with Gasteiger partial charge in [-0.05, 0) is 54.4 Å². The number of rotatable bonds is 3. The van der Waals surface area contributed by atoms with Gasteiger partial charge in [0.1, 0.15) is 0 Å². The van der Waals surface area contributed by atoms with E-state index in [1.165, 1.54) is 46.9 Å². The Morgan fingerprint density at radius 1 is 1.27 bits per heavy atom. The predicted molar refractivity (Wildman–Crippen MR) is 95.8 cm³/mol. The Balaban J connectivity index is 2.13. The number of nitrogens with zero attached hydrogens (tertiary/aromatic N) is 1. The first kappa shape index (κ1) is 15.4. The molecule has 0 bridgehead atoms. The van der Waals surface area contributed by atoms with Gasteiger partial charge in [0, 0.05) is 29.7 Å². The molecule has 0 spiro atoms. The first-order valence-electron chi connectivity index (χ1n) is 8.43. The number of aromatic nitrogens is 1. The standard InChI is InChI=1S/C20H28N2/c1-14(21)18-12-22(13-20(2,3)4)19-11-16(9-10-17(18)19)15-7-5-6-8-15/h7,9-12,14H,5-6,8,13,21H2,1-4H3/t14-/m1/s1. The molecule has 1 aliphatic rings. The molecular formula is C20H28N2. The van der Waals surface area contributed by atoms with Gasteiger partial charge in [0.2, 0.25) is 0 Å². The monoisotopic (exact) mass is 296 g/mol. The van der Waals surface area contributed by atoms with Crippen molar-refractivity contribution < 1.29 is 0 Å². The summed E-state index contributed by atoms with van der Waals surface area (Å²) in [6.45, 7) is 9.94. The van der Waals surface area contributed by atoms with Crippen LogP contribution < -0.4 is 5.73 Å². The molecule has 2 heteroatoms. The Labute approximate surface area is 134 Å². The van der Waals surface area contributed by atoms with Crippen LogP contribution in [0.1, 0.15) is 64.1 Å². The Bertz CT molecular complexity index is 711. The lowest BCUT2D eigenvalue weighted by molar-refractivity contribution is 0.349. The van der Waals surface area contributed by atoms with Crippen LogP contribution in [0.15, 0.2) is 30.5 Å². The lowest BCUT2D eigenvalue weighted by Gasteiger charge is -2.20. The zero-order chi connectivity index (χ0) is 15.9. The molecule has 0 radical (unpaired) electrons. The first-order valence-corrected chi connectivity index (χ1v) is 8.43. The maximum atomic E-state index is 6.19. The van der Waals surface area contributed by atoms with E-state index in [1.54, 1.807) is 0 Å². The molecule has 0 fully saturated rings. The van der Waals surface area contributed by atoms with Crippen LogP contribution in [0.25, 0.3) is 16.5 Å². The average molecular weight is 296 g/mol. The molecule has 0 saturated heterocycles. The summed E-state index contributed by atoms with van der Waals surface area (Å²) < 4.78 is 2.40. The molecule has 2 N–H and O–H groups in total. The van der Waals surface area contributed by atoms with Crippen LogP contribution in [0.3, 0.4) is 0 Å². The number of benzene rings is 1. The molecule has 0 unspecified atom stereocenters. The molecule has 3 rings (SSSR count). The van der Waals surface area contributed by atoms with Crippen LogP contribution in [0.2, 0.25) is 0 Å². The van der Waals surface area contributed by atoms with E-state index in [0.29, 0.717) is 0 Å². The summed E-state index contributed by atoms with van der Waals surface area (Å²) in [4.78, 5) is 0. The van der Waals surface area contributed by atoms with Crippen LogP contribution >= 0.6 is 0 Å². The first-order chi connectivity index (χ1) is 10.3. The van der Waals surface area contributed by atoms with Crippen molar-refractivity contribution >= 4 is 16.5 Å². The van der Waals surface area contributed by atoms with Crippen molar-refractivity contribution in [3.05, 3.63) is 41.6 Å². The third kappa shape index (κ3) is 2.98. The fourth-order valence-corrected chi connectivity index (χ4v) is 3.46. The van der Waals surface area contributed by atoms with E-state index in [2.05, 4.69) is 62.7 Å². The van der Waals surface area contributed by atoms with Crippen LogP contribution in [-0.4, -0.2) is 4.57 Å². The molecule has 1 aromatic carbocycles. The number of fused-ring (bicyclic) bond motifs is 1. The van der Waals surface area contributed by atoms with Gasteiger partial charge < -0.3 is 10.3 Å². The van der Waals surface area contributed by atoms with E-state index in [1.807, 2.05) is 0 Å². The minimum Gasteiger partial charge on any atom is -0.347 e. The lowest BCUT2D eigenvalue weighted by Crippen LogP contribution is -2.14. The van der Waals surface area contributed by atoms with Crippen LogP contribution in [-0.2, 0) is 6.54 Å². The highest BCUT2D eigenvalue weighted by molar-refractivity contribution is 5.88. The number of hydrogen-bond donors (Lipinski definition) is 1. The molecule has 2 aromatic rings. The van der Waals surface area contributed by atoms with Crippen molar-refractivity contribution in [3.63, 3.8) is 0 Å². The molecular weight excluding hydrogens is 268 g/mol. The van der Waals surface area contributed by atoms with Crippen molar-refractivity contribution in [2.24, 2.45) is 11.1 Å². The highest BCUT2D eigenvalue weighted by Gasteiger charge is 2.18. The fraction of sp³-hybridized carbons (Fsp3) is 0.500. The summed E-state index contributed by atoms with van der Waals surface area (Å²) >= 11 is 0. The van der Waals surface area contributed by atoms with Gasteiger partial charge in [-0.3, -0.25) is 0 Å². The highest BCUT2D eigenvalue weighted by atomic mass is 15.0. The van der Waals surface area contributed by atoms with Crippen molar-refractivity contribution in [1.29, 1.82) is 0 Å². The van der Waals surface area contributed by atoms with E-state index in [0.717, 1.165) is 6.54 Å². The second-order valence-electron chi connectivity index (χ2n) is 7.92. The van der Waals surface area contributed by atoms with E-state index < -0.39 is 0 Å². The van der Waals surface area contributed by atoms with Crippen molar-refractivity contribution in [2.75, 3.05) is 0 Å². The third-order valence-electron chi connectivity index (χ3n) is 4.46. The van der Waals surface area contributed by atoms with E-state index in [-0.39, 0.29) is 11.5 Å². The smallest absolute Gasteiger partial charge is 0.0490 e. The van der Waals surface area contributed by atoms with E-state index in [9.17, 15) is 0 Å². The predicted octanol–water partition coefficient (Wildman–Crippen LogP) is 5.27. The van der Waals surface area contributed by atoms with Crippen molar-refractivity contribution in [1.82, 2.24) is 4.57 Å². The van der Waals surface area contributed by atoms with E-state index >= 15 is 0 Å². The molecule has 0 saturated carbocycles. The Hall–Kier alpha value is -1.54. The topological polar surface area (TPSA) is 30.9 Å². The van der Waals surface area contributed by atoms with Crippen LogP contribution in [0, 0.1) is 5.41 Å². The summed E-state index contributed by atoms with van der Waals surface area (Å²) in [6, 6.07) is 6.97. The summed E-state index contributed by atoms with van der Waals surface area (Å²) in [5, 5.41) is 1.31. The summed E-state index contributed by atoms with van der Waals surface area (Å²) in [5.74, 6) is 0. The van der Waals surface area contributed by atoms with Crippen LogP contribution in [0.5, 0.6) is 0 Å². The van der Waals surface area contributed by atoms with E-state index in [4.69, 9.17) is 5.73 Å². The molecule has 118 valence electrons. The molecule has 0 aliphatic heterocycles. The minimum atomic E-state index is 0.0697. The Morgan fingerprint density at radius 3 is 2.64 bits per heavy atom. The van der Waals surface area contributed by atoms with Gasteiger partial charge in [0.15, 0.2) is 0 Å². The SMILES string of the molecule is C[C@@H](N)c1cn(CC(C)(C)C)c2cc(C3=CCCC3)ccc12. The fourth-order valence-electron chi connectivity index (χ4n) is 3.46. The molecule has 0 amide bonds. The van der Waals surface area contributed by atoms with Gasteiger partial charge in [-0.15, -0.1) is 0 Å². The van der Waals surface area contributed by atoms with Gasteiger partial charge in [-0.2, -0.15) is 0 Å². The molecule has 1 atom stereocenters. The minimum absolute atomic E-state index is 0.0697. The number of nitrogens with two attached hydrogens (primary N) is 1. The zero-order valence-electron chi connectivity index (χ0n) is 14.3. The second kappa shape index (κ2) is 5.58. The Morgan fingerprint density at radius 2 is 2.05 bits per heavy atom. The van der Waals surface area contributed by atoms with Gasteiger partial charge in [0.05, 0.1) is 0 Å². The largest absolute Gasteiger partial charge is 0.347 e. The summed E-state index contributed by atoms with van der Waals surface area (Å²) in [5.41, 5.74) is 11.9. The highest BCUT2D eigenvalue weighted by Crippen LogP contribution is 2.33. The third-order valence-corrected chi connectivity index (χ3v) is 4.46. The van der Waals surface area contributed by atoms with Gasteiger partial charge in [-0.1, -0.05) is 39.0 Å². The maximum absolute atomic E-state index is 6.19. The summed E-state index contributed by atoms with van der Waals surface area (Å²) in [7, 11) is 0. The average Bonchev–Trinajstić information content (AvgIpc) is 3.05. The van der Waals surface area contributed by atoms with Gasteiger partial charge in [-0.25, -0.2) is 0 Å². The molecule has 1 heterocycles. The summed E-state index contributed by atoms with van der Waals surface area (Å²) in [6.07, 6.45) is 8.38. The van der Waals surface area contributed by atoms with Crippen LogP contribution in [0.4, 0.5) is 0 Å². The number of allylic oxidation sites excluding steroid dienone is 2. The normalized spacial score (nSPS) is 17.0. The molecule has 1 aromatic heterocycles. The number of hydrogen-bond acceptors (Lipinski definition) is 1. The van der Waals surface area contributed by atoms with Crippen molar-refractivity contribution in [3.8, 4) is 0 Å². The molecule has 2 nitrogen and oxygen atoms in total. The second-order valence-corrected chi connectivity index (χ2v) is 7.92. The quantitative estimate of drug-likeness (QED) is 0.821. The Kier molecular flexibility index (Phi) is 3.90. The van der Waals surface area contributed by atoms with Gasteiger partial charge in [0.25, 0.3) is 0 Å². The van der Waals surface area contributed by atoms with Crippen molar-refractivity contribution in [2.45, 2.75) is 59.5 Å². The molecule has 22 heavy (non-hydrogen) atoms. The molecule has 1 aliphatic carbocycles. The maximum Gasteiger partial charge on any atom is 0.0490 e. The van der Waals surface area contributed by atoms with Gasteiger partial charge >= 0.3 is 0 Å².